The number of piperidine rings is 1. The maximum absolute atomic E-state index is 13.9. The summed E-state index contributed by atoms with van der Waals surface area (Å²) in [5, 5.41) is 9.36. The number of likely N-dealkylation sites (tertiary alicyclic amines) is 1. The first-order valence-electron chi connectivity index (χ1n) is 10.4. The molecule has 1 aliphatic heterocycles. The lowest BCUT2D eigenvalue weighted by atomic mass is 10.0. The zero-order valence-electron chi connectivity index (χ0n) is 18.2. The van der Waals surface area contributed by atoms with E-state index in [0.29, 0.717) is 25.7 Å². The molecule has 1 aliphatic rings. The Bertz CT molecular complexity index is 693. The summed E-state index contributed by atoms with van der Waals surface area (Å²) < 4.78 is 23.8. The summed E-state index contributed by atoms with van der Waals surface area (Å²) in [6, 6.07) is 5.39. The molecule has 0 unspecified atom stereocenters. The van der Waals surface area contributed by atoms with Crippen LogP contribution in [0.25, 0.3) is 0 Å². The van der Waals surface area contributed by atoms with Gasteiger partial charge in [0.2, 0.25) is 5.91 Å². The number of carbonyl (C=O) groups is 1. The number of amides is 1. The molecule has 9 heteroatoms. The number of hydrogen-bond donors (Lipinski definition) is 3. The zero-order valence-corrected chi connectivity index (χ0v) is 18.2. The van der Waals surface area contributed by atoms with Gasteiger partial charge in [0.1, 0.15) is 6.54 Å². The maximum atomic E-state index is 13.9. The summed E-state index contributed by atoms with van der Waals surface area (Å²) in [7, 11) is 3.06. The molecule has 0 aromatic heterocycles. The predicted octanol–water partition coefficient (Wildman–Crippen LogP) is 1.12. The van der Waals surface area contributed by atoms with Crippen LogP contribution in [0.1, 0.15) is 25.3 Å². The van der Waals surface area contributed by atoms with E-state index >= 15 is 0 Å². The molecule has 1 aromatic carbocycles. The van der Waals surface area contributed by atoms with E-state index in [1.54, 1.807) is 13.2 Å². The van der Waals surface area contributed by atoms with E-state index in [1.807, 2.05) is 13.0 Å². The Morgan fingerprint density at radius 3 is 2.67 bits per heavy atom. The quantitative estimate of drug-likeness (QED) is 0.297. The lowest BCUT2D eigenvalue weighted by molar-refractivity contribution is -0.119. The van der Waals surface area contributed by atoms with Gasteiger partial charge >= 0.3 is 0 Å². The smallest absolute Gasteiger partial charge is 0.241 e. The van der Waals surface area contributed by atoms with Crippen LogP contribution in [0.3, 0.4) is 0 Å². The Morgan fingerprint density at radius 2 is 2.03 bits per heavy atom. The highest BCUT2D eigenvalue weighted by atomic mass is 19.1. The van der Waals surface area contributed by atoms with E-state index in [9.17, 15) is 9.18 Å². The zero-order chi connectivity index (χ0) is 21.8. The number of methoxy groups -OCH3 is 2. The van der Waals surface area contributed by atoms with Crippen LogP contribution >= 0.6 is 0 Å². The van der Waals surface area contributed by atoms with Crippen LogP contribution in [0.4, 0.5) is 4.39 Å². The molecule has 0 bridgehead atoms. The van der Waals surface area contributed by atoms with Gasteiger partial charge in [0, 0.05) is 45.9 Å². The standard InChI is InChI=1S/C21H34FN5O3/c1-4-23-21(25-14-20(28)24-9-12-29-2)26-17-7-10-27(11-8-17)15-16-5-6-19(30-3)18(22)13-16/h5-6,13,17H,4,7-12,14-15H2,1-3H3,(H,24,28)(H2,23,25,26). The van der Waals surface area contributed by atoms with E-state index < -0.39 is 0 Å². The number of nitrogens with one attached hydrogen (secondary N) is 3. The fraction of sp³-hybridized carbons (Fsp3) is 0.619. The first-order chi connectivity index (χ1) is 14.5. The minimum atomic E-state index is -0.329. The number of ether oxygens (including phenoxy) is 2. The fourth-order valence-electron chi connectivity index (χ4n) is 3.31. The van der Waals surface area contributed by atoms with Crippen molar-refractivity contribution in [2.75, 3.05) is 53.6 Å². The van der Waals surface area contributed by atoms with E-state index in [4.69, 9.17) is 9.47 Å². The van der Waals surface area contributed by atoms with Crippen LogP contribution in [0.5, 0.6) is 5.75 Å². The van der Waals surface area contributed by atoms with Crippen molar-refractivity contribution < 1.29 is 18.7 Å². The van der Waals surface area contributed by atoms with Gasteiger partial charge in [0.05, 0.1) is 13.7 Å². The molecule has 0 spiro atoms. The third kappa shape index (κ3) is 8.16. The third-order valence-electron chi connectivity index (χ3n) is 4.90. The highest BCUT2D eigenvalue weighted by molar-refractivity contribution is 5.85. The summed E-state index contributed by atoms with van der Waals surface area (Å²) in [6.07, 6.45) is 1.90. The normalized spacial score (nSPS) is 15.7. The third-order valence-corrected chi connectivity index (χ3v) is 4.90. The largest absolute Gasteiger partial charge is 0.494 e. The van der Waals surface area contributed by atoms with Crippen LogP contribution in [-0.4, -0.2) is 76.4 Å². The van der Waals surface area contributed by atoms with E-state index in [-0.39, 0.29) is 30.1 Å². The van der Waals surface area contributed by atoms with Crippen molar-refractivity contribution in [2.24, 2.45) is 4.99 Å². The Balaban J connectivity index is 1.78. The number of hydrogen-bond acceptors (Lipinski definition) is 5. The molecular weight excluding hydrogens is 389 g/mol. The number of benzene rings is 1. The monoisotopic (exact) mass is 423 g/mol. The number of rotatable bonds is 10. The van der Waals surface area contributed by atoms with Crippen molar-refractivity contribution in [3.63, 3.8) is 0 Å². The van der Waals surface area contributed by atoms with Crippen molar-refractivity contribution in [2.45, 2.75) is 32.4 Å². The average Bonchev–Trinajstić information content (AvgIpc) is 2.74. The molecule has 2 rings (SSSR count). The van der Waals surface area contributed by atoms with Crippen molar-refractivity contribution >= 4 is 11.9 Å². The second-order valence-corrected chi connectivity index (χ2v) is 7.20. The maximum Gasteiger partial charge on any atom is 0.241 e. The molecule has 30 heavy (non-hydrogen) atoms. The molecule has 0 radical (unpaired) electrons. The highest BCUT2D eigenvalue weighted by Crippen LogP contribution is 2.20. The van der Waals surface area contributed by atoms with Crippen LogP contribution in [0.15, 0.2) is 23.2 Å². The Labute approximate surface area is 178 Å². The lowest BCUT2D eigenvalue weighted by Crippen LogP contribution is -2.48. The molecule has 1 heterocycles. The van der Waals surface area contributed by atoms with E-state index in [1.165, 1.54) is 13.2 Å². The molecule has 0 aliphatic carbocycles. The summed E-state index contributed by atoms with van der Waals surface area (Å²) in [6.45, 7) is 6.27. The van der Waals surface area contributed by atoms with Gasteiger partial charge in [-0.25, -0.2) is 9.38 Å². The number of nitrogens with zero attached hydrogens (tertiary/aromatic N) is 2. The number of carbonyl (C=O) groups excluding carboxylic acids is 1. The van der Waals surface area contributed by atoms with Crippen LogP contribution in [0, 0.1) is 5.82 Å². The molecule has 3 N–H and O–H groups in total. The van der Waals surface area contributed by atoms with E-state index in [2.05, 4.69) is 25.8 Å². The topological polar surface area (TPSA) is 87.2 Å². The van der Waals surface area contributed by atoms with Crippen molar-refractivity contribution in [1.82, 2.24) is 20.9 Å². The minimum absolute atomic E-state index is 0.0704. The summed E-state index contributed by atoms with van der Waals surface area (Å²) in [4.78, 5) is 18.5. The van der Waals surface area contributed by atoms with Gasteiger partial charge in [-0.15, -0.1) is 0 Å². The van der Waals surface area contributed by atoms with Crippen LogP contribution < -0.4 is 20.7 Å². The van der Waals surface area contributed by atoms with Crippen molar-refractivity contribution in [1.29, 1.82) is 0 Å². The molecule has 8 nitrogen and oxygen atoms in total. The number of aliphatic imine (C=N–C) groups is 1. The molecule has 1 aromatic rings. The van der Waals surface area contributed by atoms with Gasteiger partial charge in [-0.3, -0.25) is 9.69 Å². The molecule has 1 fully saturated rings. The molecule has 1 amide bonds. The summed E-state index contributed by atoms with van der Waals surface area (Å²) >= 11 is 0. The molecule has 1 saturated heterocycles. The molecule has 0 atom stereocenters. The van der Waals surface area contributed by atoms with Gasteiger partial charge in [0.25, 0.3) is 0 Å². The Hall–Kier alpha value is -2.39. The summed E-state index contributed by atoms with van der Waals surface area (Å²) in [5.74, 6) is 0.453. The average molecular weight is 424 g/mol. The fourth-order valence-corrected chi connectivity index (χ4v) is 3.31. The van der Waals surface area contributed by atoms with Crippen molar-refractivity contribution in [3.05, 3.63) is 29.6 Å². The predicted molar refractivity (Wildman–Crippen MR) is 115 cm³/mol. The minimum Gasteiger partial charge on any atom is -0.494 e. The second-order valence-electron chi connectivity index (χ2n) is 7.20. The SMILES string of the molecule is CCNC(=NCC(=O)NCCOC)NC1CCN(Cc2ccc(OC)c(F)c2)CC1. The van der Waals surface area contributed by atoms with Crippen molar-refractivity contribution in [3.8, 4) is 5.75 Å². The first-order valence-corrected chi connectivity index (χ1v) is 10.4. The van der Waals surface area contributed by atoms with Gasteiger partial charge < -0.3 is 25.4 Å². The first kappa shape index (κ1) is 23.9. The van der Waals surface area contributed by atoms with Gasteiger partial charge in [0.15, 0.2) is 17.5 Å². The van der Waals surface area contributed by atoms with Gasteiger partial charge in [-0.2, -0.15) is 0 Å². The number of halogens is 1. The Kier molecular flexibility index (Phi) is 10.4. The molecular formula is C21H34FN5O3. The number of guanidine groups is 1. The van der Waals surface area contributed by atoms with Crippen LogP contribution in [0.2, 0.25) is 0 Å². The van der Waals surface area contributed by atoms with Gasteiger partial charge in [-0.1, -0.05) is 6.07 Å². The van der Waals surface area contributed by atoms with Crippen LogP contribution in [-0.2, 0) is 16.1 Å². The highest BCUT2D eigenvalue weighted by Gasteiger charge is 2.20. The molecule has 0 saturated carbocycles. The Morgan fingerprint density at radius 1 is 1.27 bits per heavy atom. The van der Waals surface area contributed by atoms with E-state index in [0.717, 1.165) is 38.0 Å². The van der Waals surface area contributed by atoms with Gasteiger partial charge in [-0.05, 0) is 37.5 Å². The summed E-state index contributed by atoms with van der Waals surface area (Å²) in [5.41, 5.74) is 0.939. The molecule has 168 valence electrons. The second kappa shape index (κ2) is 13.0. The lowest BCUT2D eigenvalue weighted by Gasteiger charge is -2.33.